The minimum Gasteiger partial charge on any atom is -0.359 e. The van der Waals surface area contributed by atoms with Crippen LogP contribution >= 0.6 is 27.5 Å². The number of aliphatic hydroxyl groups is 1. The van der Waals surface area contributed by atoms with Crippen molar-refractivity contribution in [3.05, 3.63) is 57.5 Å². The second kappa shape index (κ2) is 8.45. The zero-order valence-corrected chi connectivity index (χ0v) is 19.7. The molecular weight excluding hydrogens is 482 g/mol. The van der Waals surface area contributed by atoms with Crippen LogP contribution in [0.3, 0.4) is 0 Å². The van der Waals surface area contributed by atoms with Gasteiger partial charge in [0.05, 0.1) is 5.69 Å². The smallest absolute Gasteiger partial charge is 0.329 e. The second-order valence-electron chi connectivity index (χ2n) is 8.45. The van der Waals surface area contributed by atoms with E-state index in [2.05, 4.69) is 40.4 Å². The molecular formula is C23H25BrClN3O3. The third kappa shape index (κ3) is 3.95. The fraction of sp³-hybridized carbons (Fsp3) is 0.391. The van der Waals surface area contributed by atoms with Crippen molar-refractivity contribution in [3.8, 4) is 0 Å². The van der Waals surface area contributed by atoms with Crippen LogP contribution in [0.5, 0.6) is 0 Å². The third-order valence-corrected chi connectivity index (χ3v) is 7.30. The number of carbonyl (C=O) groups is 2. The first kappa shape index (κ1) is 22.1. The molecule has 0 unspecified atom stereocenters. The largest absolute Gasteiger partial charge is 0.359 e. The predicted molar refractivity (Wildman–Crippen MR) is 125 cm³/mol. The monoisotopic (exact) mass is 505 g/mol. The maximum absolute atomic E-state index is 13.7. The third-order valence-electron chi connectivity index (χ3n) is 6.55. The Morgan fingerprint density at radius 1 is 1.23 bits per heavy atom. The highest BCUT2D eigenvalue weighted by Gasteiger charge is 2.52. The maximum Gasteiger partial charge on any atom is 0.329 e. The molecule has 0 radical (unpaired) electrons. The number of halogens is 2. The Balaban J connectivity index is 1.80. The summed E-state index contributed by atoms with van der Waals surface area (Å²) < 4.78 is 0.685. The number of amides is 3. The molecule has 2 aromatic rings. The highest BCUT2D eigenvalue weighted by molar-refractivity contribution is 9.10. The number of benzene rings is 2. The first-order valence-electron chi connectivity index (χ1n) is 10.4. The van der Waals surface area contributed by atoms with E-state index < -0.39 is 17.7 Å². The lowest BCUT2D eigenvalue weighted by atomic mass is 9.78. The molecule has 31 heavy (non-hydrogen) atoms. The first-order valence-corrected chi connectivity index (χ1v) is 11.6. The molecule has 0 bridgehead atoms. The molecule has 3 amide bonds. The van der Waals surface area contributed by atoms with E-state index in [0.717, 1.165) is 24.2 Å². The number of carbonyl (C=O) groups excluding carboxylic acids is 2. The Labute approximate surface area is 195 Å². The van der Waals surface area contributed by atoms with E-state index in [1.165, 1.54) is 0 Å². The lowest BCUT2D eigenvalue weighted by Gasteiger charge is -2.44. The van der Waals surface area contributed by atoms with Crippen molar-refractivity contribution in [2.75, 3.05) is 10.2 Å². The van der Waals surface area contributed by atoms with Gasteiger partial charge in [0.2, 0.25) is 0 Å². The van der Waals surface area contributed by atoms with Gasteiger partial charge in [0.1, 0.15) is 0 Å². The summed E-state index contributed by atoms with van der Waals surface area (Å²) in [6.07, 6.45) is 2.97. The molecule has 1 fully saturated rings. The van der Waals surface area contributed by atoms with Crippen LogP contribution in [-0.4, -0.2) is 23.1 Å². The summed E-state index contributed by atoms with van der Waals surface area (Å²) in [5.74, 6) is 0.115. The number of anilines is 2. The molecule has 1 aliphatic carbocycles. The van der Waals surface area contributed by atoms with Gasteiger partial charge in [-0.25, -0.2) is 4.79 Å². The van der Waals surface area contributed by atoms with E-state index in [-0.39, 0.29) is 12.0 Å². The van der Waals surface area contributed by atoms with E-state index in [1.54, 1.807) is 42.5 Å². The number of hydrogen-bond acceptors (Lipinski definition) is 3. The molecule has 2 aliphatic rings. The second-order valence-corrected chi connectivity index (χ2v) is 9.80. The van der Waals surface area contributed by atoms with Gasteiger partial charge in [-0.3, -0.25) is 9.69 Å². The van der Waals surface area contributed by atoms with Gasteiger partial charge < -0.3 is 15.7 Å². The number of rotatable bonds is 3. The highest BCUT2D eigenvalue weighted by Crippen LogP contribution is 2.42. The number of nitrogens with zero attached hydrogens (tertiary/aromatic N) is 1. The fourth-order valence-electron chi connectivity index (χ4n) is 4.53. The molecule has 164 valence electrons. The van der Waals surface area contributed by atoms with E-state index >= 15 is 0 Å². The lowest BCUT2D eigenvalue weighted by Crippen LogP contribution is -2.64. The number of fused-ring (bicyclic) bond motifs is 1. The Morgan fingerprint density at radius 3 is 2.65 bits per heavy atom. The molecule has 1 aliphatic heterocycles. The van der Waals surface area contributed by atoms with Crippen molar-refractivity contribution in [1.82, 2.24) is 5.32 Å². The van der Waals surface area contributed by atoms with Gasteiger partial charge in [0, 0.05) is 26.8 Å². The van der Waals surface area contributed by atoms with Crippen molar-refractivity contribution >= 4 is 50.8 Å². The Morgan fingerprint density at radius 2 is 1.94 bits per heavy atom. The predicted octanol–water partition coefficient (Wildman–Crippen LogP) is 5.24. The van der Waals surface area contributed by atoms with Gasteiger partial charge in [-0.1, -0.05) is 54.2 Å². The number of urea groups is 1. The molecule has 0 spiro atoms. The van der Waals surface area contributed by atoms with Crippen molar-refractivity contribution in [2.45, 2.75) is 44.9 Å². The number of nitrogens with one attached hydrogen (secondary N) is 2. The number of hydrogen-bond donors (Lipinski definition) is 3. The minimum absolute atomic E-state index is 0.0760. The van der Waals surface area contributed by atoms with Crippen LogP contribution in [0.25, 0.3) is 0 Å². The Kier molecular flexibility index (Phi) is 6.03. The first-order chi connectivity index (χ1) is 14.7. The maximum atomic E-state index is 13.7. The van der Waals surface area contributed by atoms with E-state index in [1.807, 2.05) is 0 Å². The summed E-state index contributed by atoms with van der Waals surface area (Å²) in [6.45, 7) is 4.30. The summed E-state index contributed by atoms with van der Waals surface area (Å²) in [7, 11) is 0. The van der Waals surface area contributed by atoms with Crippen LogP contribution < -0.4 is 15.5 Å². The Bertz CT molecular complexity index is 1020. The molecule has 1 heterocycles. The molecule has 0 saturated heterocycles. The average Bonchev–Trinajstić information content (AvgIpc) is 2.73. The zero-order valence-electron chi connectivity index (χ0n) is 17.4. The van der Waals surface area contributed by atoms with Gasteiger partial charge in [0.25, 0.3) is 11.6 Å². The molecule has 3 N–H and O–H groups in total. The standard InChI is InChI=1S/C23H25BrClN3O3/c1-13-4-3-5-19(14(13)2)26-21(29)23(31)18-12-15(24)6-11-20(18)27-22(30)28(23)17-9-7-16(25)8-10-17/h6-14,19,31H,3-5H2,1-2H3,(H,26,29)(H,27,30)/t13-,14+,19+,23-/m1/s1. The topological polar surface area (TPSA) is 81.7 Å². The summed E-state index contributed by atoms with van der Waals surface area (Å²) in [5, 5.41) is 18.3. The lowest BCUT2D eigenvalue weighted by molar-refractivity contribution is -0.141. The summed E-state index contributed by atoms with van der Waals surface area (Å²) in [4.78, 5) is 27.9. The van der Waals surface area contributed by atoms with E-state index in [0.29, 0.717) is 32.4 Å². The van der Waals surface area contributed by atoms with Crippen LogP contribution in [-0.2, 0) is 10.5 Å². The molecule has 0 aromatic heterocycles. The zero-order chi connectivity index (χ0) is 22.3. The fourth-order valence-corrected chi connectivity index (χ4v) is 5.01. The quantitative estimate of drug-likeness (QED) is 0.532. The van der Waals surface area contributed by atoms with Crippen LogP contribution in [0, 0.1) is 11.8 Å². The summed E-state index contributed by atoms with van der Waals surface area (Å²) in [6, 6.07) is 10.8. The van der Waals surface area contributed by atoms with E-state index in [4.69, 9.17) is 11.6 Å². The summed E-state index contributed by atoms with van der Waals surface area (Å²) in [5.41, 5.74) is -1.18. The average molecular weight is 507 g/mol. The van der Waals surface area contributed by atoms with Crippen molar-refractivity contribution < 1.29 is 14.7 Å². The van der Waals surface area contributed by atoms with Crippen molar-refractivity contribution in [3.63, 3.8) is 0 Å². The molecule has 8 heteroatoms. The Hall–Kier alpha value is -2.09. The molecule has 4 rings (SSSR count). The molecule has 4 atom stereocenters. The van der Waals surface area contributed by atoms with Crippen LogP contribution in [0.4, 0.5) is 16.2 Å². The summed E-state index contributed by atoms with van der Waals surface area (Å²) >= 11 is 9.43. The minimum atomic E-state index is -2.23. The van der Waals surface area contributed by atoms with Gasteiger partial charge in [-0.05, 0) is 60.7 Å². The van der Waals surface area contributed by atoms with Crippen LogP contribution in [0.2, 0.25) is 5.02 Å². The van der Waals surface area contributed by atoms with Gasteiger partial charge >= 0.3 is 6.03 Å². The van der Waals surface area contributed by atoms with Crippen LogP contribution in [0.15, 0.2) is 46.9 Å². The van der Waals surface area contributed by atoms with Gasteiger partial charge in [-0.2, -0.15) is 0 Å². The molecule has 2 aromatic carbocycles. The molecule has 6 nitrogen and oxygen atoms in total. The molecule has 1 saturated carbocycles. The van der Waals surface area contributed by atoms with Crippen LogP contribution in [0.1, 0.15) is 38.7 Å². The van der Waals surface area contributed by atoms with E-state index in [9.17, 15) is 14.7 Å². The van der Waals surface area contributed by atoms with Crippen molar-refractivity contribution in [1.29, 1.82) is 0 Å². The SMILES string of the molecule is C[C@H]1[C@H](C)CCC[C@@H]1NC(=O)[C@]1(O)c2cc(Br)ccc2NC(=O)N1c1ccc(Cl)cc1. The van der Waals surface area contributed by atoms with Gasteiger partial charge in [-0.15, -0.1) is 0 Å². The highest BCUT2D eigenvalue weighted by atomic mass is 79.9. The van der Waals surface area contributed by atoms with Gasteiger partial charge in [0.15, 0.2) is 0 Å². The normalized spacial score (nSPS) is 28.0. The van der Waals surface area contributed by atoms with Crippen molar-refractivity contribution in [2.24, 2.45) is 11.8 Å².